The fraction of sp³-hybridized carbons (Fsp3) is 0.500. The maximum Gasteiger partial charge on any atom is 0.125 e. The van der Waals surface area contributed by atoms with Gasteiger partial charge in [0.05, 0.1) is 6.54 Å². The largest absolute Gasteiger partial charge is 0.508 e. The number of hydrogen-bond donors (Lipinski definition) is 1. The zero-order valence-corrected chi connectivity index (χ0v) is 8.91. The van der Waals surface area contributed by atoms with Crippen molar-refractivity contribution >= 4 is 5.69 Å². The van der Waals surface area contributed by atoms with E-state index in [0.717, 1.165) is 18.7 Å². The third kappa shape index (κ3) is 2.41. The van der Waals surface area contributed by atoms with Gasteiger partial charge in [-0.3, -0.25) is 0 Å². The van der Waals surface area contributed by atoms with Crippen LogP contribution in [-0.2, 0) is 0 Å². The van der Waals surface area contributed by atoms with E-state index in [2.05, 4.69) is 0 Å². The average Bonchev–Trinajstić information content (AvgIpc) is 2.17. The Labute approximate surface area is 89.3 Å². The van der Waals surface area contributed by atoms with Crippen molar-refractivity contribution in [3.63, 3.8) is 0 Å². The first-order valence-electron chi connectivity index (χ1n) is 5.30. The fourth-order valence-corrected chi connectivity index (χ4v) is 2.08. The van der Waals surface area contributed by atoms with Gasteiger partial charge < -0.3 is 10.0 Å². The van der Waals surface area contributed by atoms with Crippen LogP contribution >= 0.6 is 0 Å². The highest BCUT2D eigenvalue weighted by atomic mass is 19.1. The first-order valence-corrected chi connectivity index (χ1v) is 5.30. The normalized spacial score (nSPS) is 26.7. The predicted molar refractivity (Wildman–Crippen MR) is 59.1 cm³/mol. The first-order chi connectivity index (χ1) is 7.07. The molecule has 1 atom stereocenters. The lowest BCUT2D eigenvalue weighted by Crippen LogP contribution is -2.43. The Morgan fingerprint density at radius 3 is 2.60 bits per heavy atom. The highest BCUT2D eigenvalue weighted by molar-refractivity contribution is 5.49. The Kier molecular flexibility index (Phi) is 2.55. The Morgan fingerprint density at radius 1 is 1.33 bits per heavy atom. The number of nitrogens with zero attached hydrogens (tertiary/aromatic N) is 1. The second-order valence-corrected chi connectivity index (χ2v) is 4.45. The molecule has 1 aromatic carbocycles. The zero-order valence-electron chi connectivity index (χ0n) is 8.91. The number of phenolic OH excluding ortho intramolecular Hbond substituents is 1. The summed E-state index contributed by atoms with van der Waals surface area (Å²) in [5.74, 6) is 0.249. The van der Waals surface area contributed by atoms with E-state index < -0.39 is 5.67 Å². The van der Waals surface area contributed by atoms with Crippen molar-refractivity contribution < 1.29 is 9.50 Å². The molecule has 82 valence electrons. The van der Waals surface area contributed by atoms with Crippen LogP contribution in [0.4, 0.5) is 10.1 Å². The van der Waals surface area contributed by atoms with Gasteiger partial charge in [-0.2, -0.15) is 0 Å². The number of halogens is 1. The van der Waals surface area contributed by atoms with Gasteiger partial charge in [-0.05, 0) is 44.0 Å². The number of aromatic hydroxyl groups is 1. The molecular weight excluding hydrogens is 193 g/mol. The lowest BCUT2D eigenvalue weighted by Gasteiger charge is -2.36. The molecule has 0 amide bonds. The SMILES string of the molecule is CC1(F)CCCN(c2ccc(O)cc2)C1. The zero-order chi connectivity index (χ0) is 10.9. The van der Waals surface area contributed by atoms with Gasteiger partial charge in [-0.25, -0.2) is 4.39 Å². The number of rotatable bonds is 1. The van der Waals surface area contributed by atoms with Crippen LogP contribution in [-0.4, -0.2) is 23.9 Å². The van der Waals surface area contributed by atoms with Gasteiger partial charge in [0, 0.05) is 12.2 Å². The summed E-state index contributed by atoms with van der Waals surface area (Å²) in [6, 6.07) is 6.94. The van der Waals surface area contributed by atoms with Crippen molar-refractivity contribution in [3.05, 3.63) is 24.3 Å². The summed E-state index contributed by atoms with van der Waals surface area (Å²) in [5, 5.41) is 9.17. The molecule has 0 radical (unpaired) electrons. The molecule has 15 heavy (non-hydrogen) atoms. The molecule has 1 aliphatic heterocycles. The molecule has 0 bridgehead atoms. The van der Waals surface area contributed by atoms with Crippen molar-refractivity contribution in [2.45, 2.75) is 25.4 Å². The number of anilines is 1. The highest BCUT2D eigenvalue weighted by Crippen LogP contribution is 2.29. The van der Waals surface area contributed by atoms with Crippen molar-refractivity contribution in [2.75, 3.05) is 18.0 Å². The van der Waals surface area contributed by atoms with E-state index in [0.29, 0.717) is 13.0 Å². The van der Waals surface area contributed by atoms with Gasteiger partial charge in [0.1, 0.15) is 11.4 Å². The Morgan fingerprint density at radius 2 is 2.00 bits per heavy atom. The molecule has 2 nitrogen and oxygen atoms in total. The molecule has 1 heterocycles. The van der Waals surface area contributed by atoms with Gasteiger partial charge >= 0.3 is 0 Å². The molecule has 0 saturated carbocycles. The summed E-state index contributed by atoms with van der Waals surface area (Å²) < 4.78 is 13.8. The molecule has 1 saturated heterocycles. The monoisotopic (exact) mass is 209 g/mol. The molecule has 1 N–H and O–H groups in total. The van der Waals surface area contributed by atoms with Crippen molar-refractivity contribution in [3.8, 4) is 5.75 Å². The van der Waals surface area contributed by atoms with E-state index >= 15 is 0 Å². The van der Waals surface area contributed by atoms with Gasteiger partial charge in [-0.1, -0.05) is 0 Å². The molecule has 3 heteroatoms. The average molecular weight is 209 g/mol. The van der Waals surface area contributed by atoms with Crippen LogP contribution in [0, 0.1) is 0 Å². The maximum atomic E-state index is 13.8. The molecule has 1 aromatic rings. The lowest BCUT2D eigenvalue weighted by atomic mass is 9.96. The van der Waals surface area contributed by atoms with E-state index in [1.165, 1.54) is 0 Å². The molecule has 2 rings (SSSR count). The summed E-state index contributed by atoms with van der Waals surface area (Å²) in [6.07, 6.45) is 1.52. The lowest BCUT2D eigenvalue weighted by molar-refractivity contribution is 0.160. The fourth-order valence-electron chi connectivity index (χ4n) is 2.08. The minimum atomic E-state index is -1.09. The van der Waals surface area contributed by atoms with Gasteiger partial charge in [0.15, 0.2) is 0 Å². The minimum Gasteiger partial charge on any atom is -0.508 e. The third-order valence-corrected chi connectivity index (χ3v) is 2.86. The topological polar surface area (TPSA) is 23.5 Å². The molecule has 0 aliphatic carbocycles. The van der Waals surface area contributed by atoms with Crippen LogP contribution in [0.15, 0.2) is 24.3 Å². The number of piperidine rings is 1. The Hall–Kier alpha value is -1.25. The van der Waals surface area contributed by atoms with E-state index in [9.17, 15) is 4.39 Å². The van der Waals surface area contributed by atoms with Crippen molar-refractivity contribution in [1.29, 1.82) is 0 Å². The van der Waals surface area contributed by atoms with Gasteiger partial charge in [-0.15, -0.1) is 0 Å². The van der Waals surface area contributed by atoms with Gasteiger partial charge in [0.2, 0.25) is 0 Å². The van der Waals surface area contributed by atoms with E-state index in [4.69, 9.17) is 5.11 Å². The predicted octanol–water partition coefficient (Wildman–Crippen LogP) is 2.72. The summed E-state index contributed by atoms with van der Waals surface area (Å²) in [7, 11) is 0. The van der Waals surface area contributed by atoms with Crippen LogP contribution in [0.5, 0.6) is 5.75 Å². The number of phenols is 1. The number of alkyl halides is 1. The summed E-state index contributed by atoms with van der Waals surface area (Å²) in [4.78, 5) is 2.03. The summed E-state index contributed by atoms with van der Waals surface area (Å²) in [5.41, 5.74) is -0.104. The van der Waals surface area contributed by atoms with Crippen LogP contribution in [0.25, 0.3) is 0 Å². The third-order valence-electron chi connectivity index (χ3n) is 2.86. The van der Waals surface area contributed by atoms with Gasteiger partial charge in [0.25, 0.3) is 0 Å². The molecule has 1 aliphatic rings. The number of hydrogen-bond acceptors (Lipinski definition) is 2. The first kappa shape index (κ1) is 10.3. The van der Waals surface area contributed by atoms with Crippen LogP contribution in [0.1, 0.15) is 19.8 Å². The Bertz CT molecular complexity index is 334. The van der Waals surface area contributed by atoms with Crippen LogP contribution < -0.4 is 4.90 Å². The quantitative estimate of drug-likeness (QED) is 0.768. The second-order valence-electron chi connectivity index (χ2n) is 4.45. The molecule has 1 fully saturated rings. The highest BCUT2D eigenvalue weighted by Gasteiger charge is 2.30. The van der Waals surface area contributed by atoms with E-state index in [1.54, 1.807) is 19.1 Å². The van der Waals surface area contributed by atoms with Crippen molar-refractivity contribution in [1.82, 2.24) is 0 Å². The Balaban J connectivity index is 2.13. The second kappa shape index (κ2) is 3.72. The standard InChI is InChI=1S/C12H16FNO/c1-12(13)7-2-8-14(9-12)10-3-5-11(15)6-4-10/h3-6,15H,2,7-9H2,1H3. The molecule has 0 aromatic heterocycles. The van der Waals surface area contributed by atoms with Crippen LogP contribution in [0.3, 0.4) is 0 Å². The maximum absolute atomic E-state index is 13.8. The molecular formula is C12H16FNO. The number of benzene rings is 1. The minimum absolute atomic E-state index is 0.249. The molecule has 1 unspecified atom stereocenters. The molecule has 0 spiro atoms. The van der Waals surface area contributed by atoms with Crippen molar-refractivity contribution in [2.24, 2.45) is 0 Å². The summed E-state index contributed by atoms with van der Waals surface area (Å²) >= 11 is 0. The summed E-state index contributed by atoms with van der Waals surface area (Å²) in [6.45, 7) is 2.99. The smallest absolute Gasteiger partial charge is 0.125 e. The van der Waals surface area contributed by atoms with E-state index in [1.807, 2.05) is 17.0 Å². The van der Waals surface area contributed by atoms with Crippen LogP contribution in [0.2, 0.25) is 0 Å². The van der Waals surface area contributed by atoms with E-state index in [-0.39, 0.29) is 5.75 Å².